The van der Waals surface area contributed by atoms with E-state index in [1.54, 1.807) is 20.3 Å². The summed E-state index contributed by atoms with van der Waals surface area (Å²) in [6, 6.07) is 3.57. The minimum absolute atomic E-state index is 0.0337. The molecule has 1 fully saturated rings. The molecule has 1 heterocycles. The van der Waals surface area contributed by atoms with Gasteiger partial charge in [-0.25, -0.2) is 0 Å². The molecule has 116 valence electrons. The van der Waals surface area contributed by atoms with Crippen LogP contribution in [0.5, 0.6) is 11.5 Å². The van der Waals surface area contributed by atoms with Gasteiger partial charge in [0.2, 0.25) is 5.91 Å². The van der Waals surface area contributed by atoms with Crippen molar-refractivity contribution in [3.63, 3.8) is 0 Å². The number of hydrogen-bond donors (Lipinski definition) is 2. The number of nitrogens with one attached hydrogen (secondary N) is 2. The molecule has 1 aromatic rings. The topological polar surface area (TPSA) is 68.8 Å². The minimum atomic E-state index is -0.232. The van der Waals surface area contributed by atoms with Gasteiger partial charge in [-0.3, -0.25) is 4.79 Å². The fraction of sp³-hybridized carbons (Fsp3) is 0.533. The molecule has 1 amide bonds. The Hall–Kier alpha value is -1.79. The molecular formula is C15H22N2O4. The first-order valence-corrected chi connectivity index (χ1v) is 6.84. The van der Waals surface area contributed by atoms with Crippen LogP contribution in [0.15, 0.2) is 12.1 Å². The summed E-state index contributed by atoms with van der Waals surface area (Å²) in [5, 5.41) is 5.96. The first-order valence-electron chi connectivity index (χ1n) is 6.84. The Morgan fingerprint density at radius 2 is 1.90 bits per heavy atom. The fourth-order valence-corrected chi connectivity index (χ4v) is 2.12. The van der Waals surface area contributed by atoms with Crippen molar-refractivity contribution in [2.24, 2.45) is 0 Å². The summed E-state index contributed by atoms with van der Waals surface area (Å²) < 4.78 is 16.1. The quantitative estimate of drug-likeness (QED) is 0.828. The molecule has 1 aliphatic rings. The molecule has 0 atom stereocenters. The molecule has 0 unspecified atom stereocenters. The summed E-state index contributed by atoms with van der Waals surface area (Å²) in [6.45, 7) is 5.46. The van der Waals surface area contributed by atoms with Gasteiger partial charge in [0.1, 0.15) is 6.61 Å². The van der Waals surface area contributed by atoms with Crippen LogP contribution in [0.25, 0.3) is 0 Å². The molecule has 0 saturated carbocycles. The predicted molar refractivity (Wildman–Crippen MR) is 80.1 cm³/mol. The van der Waals surface area contributed by atoms with E-state index in [2.05, 4.69) is 10.6 Å². The molecule has 2 N–H and O–H groups in total. The maximum atomic E-state index is 12.0. The lowest BCUT2D eigenvalue weighted by molar-refractivity contribution is -0.130. The second-order valence-electron chi connectivity index (χ2n) is 5.41. The number of rotatable bonds is 6. The molecule has 0 aromatic heterocycles. The molecule has 6 nitrogen and oxygen atoms in total. The number of anilines is 1. The van der Waals surface area contributed by atoms with Crippen molar-refractivity contribution in [2.45, 2.75) is 19.4 Å². The van der Waals surface area contributed by atoms with Crippen LogP contribution in [0, 0.1) is 6.92 Å². The molecule has 0 spiro atoms. The second kappa shape index (κ2) is 6.32. The van der Waals surface area contributed by atoms with E-state index in [9.17, 15) is 4.79 Å². The maximum Gasteiger partial charge on any atom is 0.250 e. The molecule has 1 aliphatic heterocycles. The number of hydrogen-bond acceptors (Lipinski definition) is 5. The standard InChI is InChI=1S/C15H22N2O4/c1-10-5-12(19-3)13(20-4)6-11(10)17-14(18)7-21-15(2)8-16-9-15/h5-6,16H,7-9H2,1-4H3,(H,17,18). The molecule has 6 heteroatoms. The smallest absolute Gasteiger partial charge is 0.250 e. The van der Waals surface area contributed by atoms with Gasteiger partial charge in [0.15, 0.2) is 11.5 Å². The maximum absolute atomic E-state index is 12.0. The highest BCUT2D eigenvalue weighted by atomic mass is 16.5. The van der Waals surface area contributed by atoms with Crippen LogP contribution in [-0.4, -0.2) is 45.4 Å². The summed E-state index contributed by atoms with van der Waals surface area (Å²) in [6.07, 6.45) is 0. The summed E-state index contributed by atoms with van der Waals surface area (Å²) in [7, 11) is 3.14. The number of carbonyl (C=O) groups is 1. The molecule has 0 aliphatic carbocycles. The third kappa shape index (κ3) is 3.65. The van der Waals surface area contributed by atoms with E-state index in [-0.39, 0.29) is 18.1 Å². The van der Waals surface area contributed by atoms with Gasteiger partial charge < -0.3 is 24.8 Å². The Bertz CT molecular complexity index is 527. The number of benzene rings is 1. The lowest BCUT2D eigenvalue weighted by Gasteiger charge is -2.38. The van der Waals surface area contributed by atoms with Crippen molar-refractivity contribution in [2.75, 3.05) is 39.2 Å². The van der Waals surface area contributed by atoms with Crippen molar-refractivity contribution >= 4 is 11.6 Å². The zero-order valence-electron chi connectivity index (χ0n) is 12.9. The molecule has 1 aromatic carbocycles. The van der Waals surface area contributed by atoms with Crippen LogP contribution in [-0.2, 0) is 9.53 Å². The summed E-state index contributed by atoms with van der Waals surface area (Å²) >= 11 is 0. The summed E-state index contributed by atoms with van der Waals surface area (Å²) in [4.78, 5) is 12.0. The molecule has 0 bridgehead atoms. The number of methoxy groups -OCH3 is 2. The lowest BCUT2D eigenvalue weighted by atomic mass is 10.0. The van der Waals surface area contributed by atoms with Gasteiger partial charge in [-0.15, -0.1) is 0 Å². The van der Waals surface area contributed by atoms with E-state index in [0.29, 0.717) is 17.2 Å². The van der Waals surface area contributed by atoms with Crippen LogP contribution in [0.1, 0.15) is 12.5 Å². The fourth-order valence-electron chi connectivity index (χ4n) is 2.12. The van der Waals surface area contributed by atoms with E-state index >= 15 is 0 Å². The van der Waals surface area contributed by atoms with Gasteiger partial charge in [0.25, 0.3) is 0 Å². The van der Waals surface area contributed by atoms with Crippen LogP contribution in [0.2, 0.25) is 0 Å². The Morgan fingerprint density at radius 3 is 2.43 bits per heavy atom. The van der Waals surface area contributed by atoms with Crippen LogP contribution >= 0.6 is 0 Å². The largest absolute Gasteiger partial charge is 0.493 e. The average Bonchev–Trinajstić information content (AvgIpc) is 2.44. The first kappa shape index (κ1) is 15.6. The Labute approximate surface area is 124 Å². The van der Waals surface area contributed by atoms with E-state index < -0.39 is 0 Å². The van der Waals surface area contributed by atoms with Gasteiger partial charge in [-0.1, -0.05) is 0 Å². The third-order valence-electron chi connectivity index (χ3n) is 3.55. The van der Waals surface area contributed by atoms with E-state index in [1.807, 2.05) is 19.9 Å². The van der Waals surface area contributed by atoms with Crippen molar-refractivity contribution in [3.05, 3.63) is 17.7 Å². The highest BCUT2D eigenvalue weighted by Gasteiger charge is 2.33. The normalized spacial score (nSPS) is 16.0. The van der Waals surface area contributed by atoms with Gasteiger partial charge in [-0.05, 0) is 25.5 Å². The van der Waals surface area contributed by atoms with E-state index in [1.165, 1.54) is 0 Å². The predicted octanol–water partition coefficient (Wildman–Crippen LogP) is 1.33. The molecular weight excluding hydrogens is 272 g/mol. The summed E-state index contributed by atoms with van der Waals surface area (Å²) in [5.41, 5.74) is 1.36. The lowest BCUT2D eigenvalue weighted by Crippen LogP contribution is -2.59. The third-order valence-corrected chi connectivity index (χ3v) is 3.55. The van der Waals surface area contributed by atoms with Crippen LogP contribution in [0.4, 0.5) is 5.69 Å². The SMILES string of the molecule is COc1cc(C)c(NC(=O)COC2(C)CNC2)cc1OC. The molecule has 21 heavy (non-hydrogen) atoms. The first-order chi connectivity index (χ1) is 9.97. The zero-order chi connectivity index (χ0) is 15.5. The van der Waals surface area contributed by atoms with Gasteiger partial charge >= 0.3 is 0 Å². The average molecular weight is 294 g/mol. The van der Waals surface area contributed by atoms with Gasteiger partial charge in [-0.2, -0.15) is 0 Å². The van der Waals surface area contributed by atoms with Crippen LogP contribution in [0.3, 0.4) is 0 Å². The molecule has 1 saturated heterocycles. The number of carbonyl (C=O) groups excluding carboxylic acids is 1. The number of aryl methyl sites for hydroxylation is 1. The van der Waals surface area contributed by atoms with Crippen molar-refractivity contribution in [1.82, 2.24) is 5.32 Å². The molecule has 2 rings (SSSR count). The van der Waals surface area contributed by atoms with Crippen molar-refractivity contribution in [3.8, 4) is 11.5 Å². The minimum Gasteiger partial charge on any atom is -0.493 e. The van der Waals surface area contributed by atoms with E-state index in [4.69, 9.17) is 14.2 Å². The van der Waals surface area contributed by atoms with Gasteiger partial charge in [0, 0.05) is 24.8 Å². The second-order valence-corrected chi connectivity index (χ2v) is 5.41. The van der Waals surface area contributed by atoms with Crippen molar-refractivity contribution < 1.29 is 19.0 Å². The zero-order valence-corrected chi connectivity index (χ0v) is 12.9. The Morgan fingerprint density at radius 1 is 1.29 bits per heavy atom. The molecule has 0 radical (unpaired) electrons. The monoisotopic (exact) mass is 294 g/mol. The Kier molecular flexibility index (Phi) is 4.69. The number of amides is 1. The van der Waals surface area contributed by atoms with Crippen LogP contribution < -0.4 is 20.1 Å². The number of ether oxygens (including phenoxy) is 3. The van der Waals surface area contributed by atoms with E-state index in [0.717, 1.165) is 18.7 Å². The van der Waals surface area contributed by atoms with Gasteiger partial charge in [0.05, 0.1) is 19.8 Å². The highest BCUT2D eigenvalue weighted by Crippen LogP contribution is 2.32. The Balaban J connectivity index is 1.99. The summed E-state index contributed by atoms with van der Waals surface area (Å²) in [5.74, 6) is 1.03. The highest BCUT2D eigenvalue weighted by molar-refractivity contribution is 5.93. The van der Waals surface area contributed by atoms with Crippen molar-refractivity contribution in [1.29, 1.82) is 0 Å².